The number of halogens is 1. The molecule has 2 nitrogen and oxygen atoms in total. The average molecular weight is 209 g/mol. The Morgan fingerprint density at radius 2 is 2.07 bits per heavy atom. The van der Waals surface area contributed by atoms with E-state index in [4.69, 9.17) is 0 Å². The Morgan fingerprint density at radius 3 is 2.67 bits per heavy atom. The fourth-order valence-electron chi connectivity index (χ4n) is 2.08. The molecule has 2 N–H and O–H groups in total. The summed E-state index contributed by atoms with van der Waals surface area (Å²) in [6, 6.07) is 6.12. The van der Waals surface area contributed by atoms with Gasteiger partial charge in [0.1, 0.15) is 5.82 Å². The number of rotatable bonds is 2. The molecular formula is C12H16FNO. The fourth-order valence-corrected chi connectivity index (χ4v) is 2.08. The van der Waals surface area contributed by atoms with E-state index in [1.165, 1.54) is 12.1 Å². The Balaban J connectivity index is 2.05. The zero-order valence-electron chi connectivity index (χ0n) is 8.62. The summed E-state index contributed by atoms with van der Waals surface area (Å²) < 4.78 is 12.7. The third kappa shape index (κ3) is 2.55. The van der Waals surface area contributed by atoms with Gasteiger partial charge in [0.2, 0.25) is 0 Å². The first-order valence-corrected chi connectivity index (χ1v) is 5.41. The minimum Gasteiger partial charge on any atom is -0.388 e. The van der Waals surface area contributed by atoms with Gasteiger partial charge in [-0.1, -0.05) is 12.1 Å². The van der Waals surface area contributed by atoms with E-state index in [1.807, 2.05) is 0 Å². The number of aliphatic hydroxyl groups excluding tert-OH is 1. The van der Waals surface area contributed by atoms with Crippen LogP contribution in [0.1, 0.15) is 24.5 Å². The molecular weight excluding hydrogens is 193 g/mol. The Bertz CT molecular complexity index is 306. The second kappa shape index (κ2) is 4.73. The Morgan fingerprint density at radius 1 is 1.33 bits per heavy atom. The standard InChI is InChI=1S/C12H16FNO/c13-11-5-3-9(4-6-11)12(15)10-2-1-7-14-8-10/h3-6,10,12,14-15H,1-2,7-8H2. The molecule has 2 unspecified atom stereocenters. The van der Waals surface area contributed by atoms with Gasteiger partial charge in [-0.3, -0.25) is 0 Å². The van der Waals surface area contributed by atoms with E-state index in [9.17, 15) is 9.50 Å². The molecule has 0 aliphatic carbocycles. The van der Waals surface area contributed by atoms with E-state index in [1.54, 1.807) is 12.1 Å². The highest BCUT2D eigenvalue weighted by Crippen LogP contribution is 2.26. The number of nitrogens with one attached hydrogen (secondary N) is 1. The molecule has 1 aliphatic rings. The third-order valence-electron chi connectivity index (χ3n) is 2.99. The maximum absolute atomic E-state index is 12.7. The minimum atomic E-state index is -0.474. The molecule has 0 amide bonds. The van der Waals surface area contributed by atoms with Crippen molar-refractivity contribution in [1.82, 2.24) is 5.32 Å². The van der Waals surface area contributed by atoms with Crippen molar-refractivity contribution in [2.45, 2.75) is 18.9 Å². The first-order chi connectivity index (χ1) is 7.27. The molecule has 1 heterocycles. The predicted molar refractivity (Wildman–Crippen MR) is 57.0 cm³/mol. The Kier molecular flexibility index (Phi) is 3.34. The van der Waals surface area contributed by atoms with E-state index in [2.05, 4.69) is 5.32 Å². The van der Waals surface area contributed by atoms with Crippen molar-refractivity contribution < 1.29 is 9.50 Å². The lowest BCUT2D eigenvalue weighted by atomic mass is 9.89. The van der Waals surface area contributed by atoms with Crippen LogP contribution in [0.4, 0.5) is 4.39 Å². The van der Waals surface area contributed by atoms with Gasteiger partial charge in [-0.05, 0) is 37.1 Å². The van der Waals surface area contributed by atoms with Gasteiger partial charge in [-0.25, -0.2) is 4.39 Å². The van der Waals surface area contributed by atoms with Crippen LogP contribution < -0.4 is 5.32 Å². The van der Waals surface area contributed by atoms with Gasteiger partial charge < -0.3 is 10.4 Å². The molecule has 0 spiro atoms. The van der Waals surface area contributed by atoms with Crippen molar-refractivity contribution in [3.63, 3.8) is 0 Å². The first kappa shape index (κ1) is 10.6. The summed E-state index contributed by atoms with van der Waals surface area (Å²) in [4.78, 5) is 0. The van der Waals surface area contributed by atoms with Crippen LogP contribution in [-0.4, -0.2) is 18.2 Å². The lowest BCUT2D eigenvalue weighted by Gasteiger charge is -2.27. The van der Waals surface area contributed by atoms with E-state index in [0.29, 0.717) is 0 Å². The van der Waals surface area contributed by atoms with Crippen molar-refractivity contribution in [2.75, 3.05) is 13.1 Å². The van der Waals surface area contributed by atoms with Gasteiger partial charge in [-0.2, -0.15) is 0 Å². The number of piperidine rings is 1. The summed E-state index contributed by atoms with van der Waals surface area (Å²) in [5, 5.41) is 13.3. The zero-order chi connectivity index (χ0) is 10.7. The molecule has 82 valence electrons. The van der Waals surface area contributed by atoms with Crippen LogP contribution in [0.5, 0.6) is 0 Å². The molecule has 15 heavy (non-hydrogen) atoms. The summed E-state index contributed by atoms with van der Waals surface area (Å²) in [7, 11) is 0. The van der Waals surface area contributed by atoms with Crippen LogP contribution in [0.15, 0.2) is 24.3 Å². The Labute approximate surface area is 89.1 Å². The first-order valence-electron chi connectivity index (χ1n) is 5.41. The van der Waals surface area contributed by atoms with Crippen molar-refractivity contribution in [3.8, 4) is 0 Å². The molecule has 1 aromatic carbocycles. The lowest BCUT2D eigenvalue weighted by molar-refractivity contribution is 0.0921. The number of hydrogen-bond acceptors (Lipinski definition) is 2. The summed E-state index contributed by atoms with van der Waals surface area (Å²) >= 11 is 0. The largest absolute Gasteiger partial charge is 0.388 e. The third-order valence-corrected chi connectivity index (χ3v) is 2.99. The van der Waals surface area contributed by atoms with Crippen LogP contribution in [-0.2, 0) is 0 Å². The van der Waals surface area contributed by atoms with Crippen LogP contribution in [0.3, 0.4) is 0 Å². The average Bonchev–Trinajstić information content (AvgIpc) is 2.30. The summed E-state index contributed by atoms with van der Waals surface area (Å²) in [6.07, 6.45) is 1.66. The van der Waals surface area contributed by atoms with Crippen LogP contribution in [0.2, 0.25) is 0 Å². The summed E-state index contributed by atoms with van der Waals surface area (Å²) in [5.41, 5.74) is 0.810. The van der Waals surface area contributed by atoms with Gasteiger partial charge in [0, 0.05) is 12.5 Å². The quantitative estimate of drug-likeness (QED) is 0.779. The highest BCUT2D eigenvalue weighted by atomic mass is 19.1. The van der Waals surface area contributed by atoms with E-state index in [-0.39, 0.29) is 11.7 Å². The van der Waals surface area contributed by atoms with Gasteiger partial charge >= 0.3 is 0 Å². The van der Waals surface area contributed by atoms with Crippen LogP contribution >= 0.6 is 0 Å². The maximum Gasteiger partial charge on any atom is 0.123 e. The van der Waals surface area contributed by atoms with Crippen LogP contribution in [0.25, 0.3) is 0 Å². The van der Waals surface area contributed by atoms with E-state index >= 15 is 0 Å². The SMILES string of the molecule is OC(c1ccc(F)cc1)C1CCCNC1. The topological polar surface area (TPSA) is 32.3 Å². The van der Waals surface area contributed by atoms with E-state index in [0.717, 1.165) is 31.5 Å². The van der Waals surface area contributed by atoms with Gasteiger partial charge in [0.25, 0.3) is 0 Å². The Hall–Kier alpha value is -0.930. The molecule has 1 saturated heterocycles. The molecule has 0 bridgehead atoms. The van der Waals surface area contributed by atoms with Gasteiger partial charge in [0.05, 0.1) is 6.10 Å². The fraction of sp³-hybridized carbons (Fsp3) is 0.500. The number of hydrogen-bond donors (Lipinski definition) is 2. The smallest absolute Gasteiger partial charge is 0.123 e. The lowest BCUT2D eigenvalue weighted by Crippen LogP contribution is -2.33. The van der Waals surface area contributed by atoms with Crippen molar-refractivity contribution in [2.24, 2.45) is 5.92 Å². The van der Waals surface area contributed by atoms with Crippen molar-refractivity contribution in [1.29, 1.82) is 0 Å². The van der Waals surface area contributed by atoms with Gasteiger partial charge in [-0.15, -0.1) is 0 Å². The molecule has 2 rings (SSSR count). The number of benzene rings is 1. The van der Waals surface area contributed by atoms with Crippen molar-refractivity contribution in [3.05, 3.63) is 35.6 Å². The molecule has 1 fully saturated rings. The predicted octanol–water partition coefficient (Wildman–Crippen LogP) is 1.86. The zero-order valence-corrected chi connectivity index (χ0v) is 8.62. The second-order valence-electron chi connectivity index (χ2n) is 4.10. The molecule has 3 heteroatoms. The molecule has 0 aromatic heterocycles. The molecule has 0 radical (unpaired) electrons. The number of aliphatic hydroxyl groups is 1. The van der Waals surface area contributed by atoms with Gasteiger partial charge in [0.15, 0.2) is 0 Å². The van der Waals surface area contributed by atoms with Crippen molar-refractivity contribution >= 4 is 0 Å². The molecule has 1 aliphatic heterocycles. The summed E-state index contributed by atoms with van der Waals surface area (Å²) in [6.45, 7) is 1.88. The molecule has 2 atom stereocenters. The molecule has 0 saturated carbocycles. The normalized spacial score (nSPS) is 23.7. The maximum atomic E-state index is 12.7. The monoisotopic (exact) mass is 209 g/mol. The highest BCUT2D eigenvalue weighted by molar-refractivity contribution is 5.19. The van der Waals surface area contributed by atoms with E-state index < -0.39 is 6.10 Å². The van der Waals surface area contributed by atoms with Crippen LogP contribution in [0, 0.1) is 11.7 Å². The highest BCUT2D eigenvalue weighted by Gasteiger charge is 2.22. The molecule has 1 aromatic rings. The summed E-state index contributed by atoms with van der Waals surface area (Å²) in [5.74, 6) is -0.00284. The minimum absolute atomic E-state index is 0.254. The second-order valence-corrected chi connectivity index (χ2v) is 4.10.